The van der Waals surface area contributed by atoms with Crippen molar-refractivity contribution in [3.8, 4) is 11.5 Å². The van der Waals surface area contributed by atoms with Crippen molar-refractivity contribution in [1.29, 1.82) is 0 Å². The van der Waals surface area contributed by atoms with Gasteiger partial charge in [-0.3, -0.25) is 0 Å². The molecule has 2 aromatic carbocycles. The van der Waals surface area contributed by atoms with Crippen molar-refractivity contribution in [3.63, 3.8) is 0 Å². The Balaban J connectivity index is 2.18. The fraction of sp³-hybridized carbons (Fsp3) is 0.0714. The molecule has 3 rings (SSSR count). The lowest BCUT2D eigenvalue weighted by molar-refractivity contribution is 0.454. The van der Waals surface area contributed by atoms with Crippen LogP contribution in [-0.4, -0.2) is 0 Å². The normalized spacial score (nSPS) is 13.8. The molecule has 1 aliphatic rings. The van der Waals surface area contributed by atoms with E-state index >= 15 is 0 Å². The molecule has 0 bridgehead atoms. The Hall–Kier alpha value is -1.18. The van der Waals surface area contributed by atoms with Gasteiger partial charge in [-0.2, -0.15) is 0 Å². The first kappa shape index (κ1) is 10.9. The highest BCUT2D eigenvalue weighted by Gasteiger charge is 2.24. The molecule has 0 saturated heterocycles. The number of ether oxygens (including phenoxy) is 1. The Kier molecular flexibility index (Phi) is 2.53. The first-order chi connectivity index (χ1) is 8.15. The molecule has 1 aliphatic heterocycles. The van der Waals surface area contributed by atoms with Gasteiger partial charge in [0.15, 0.2) is 0 Å². The molecule has 85 valence electrons. The highest BCUT2D eigenvalue weighted by Crippen LogP contribution is 2.45. The van der Waals surface area contributed by atoms with Gasteiger partial charge in [0.1, 0.15) is 11.5 Å². The van der Waals surface area contributed by atoms with Crippen LogP contribution in [0.4, 0.5) is 0 Å². The number of hydrogen-bond acceptors (Lipinski definition) is 1. The lowest BCUT2D eigenvalue weighted by atomic mass is 9.90. The predicted octanol–water partition coefficient (Wildman–Crippen LogP) is 5.07. The second-order valence-electron chi connectivity index (χ2n) is 4.02. The molecule has 2 aromatic rings. The highest BCUT2D eigenvalue weighted by molar-refractivity contribution is 6.31. The number of rotatable bonds is 0. The minimum atomic E-state index is -0.00819. The molecule has 0 unspecified atom stereocenters. The molecule has 0 aliphatic carbocycles. The Morgan fingerprint density at radius 2 is 1.35 bits per heavy atom. The summed E-state index contributed by atoms with van der Waals surface area (Å²) in [6, 6.07) is 11.1. The second-order valence-corrected chi connectivity index (χ2v) is 4.89. The standard InChI is InChI=1S/C14H9Cl2O/c1-8-11-6-9(15)2-4-13(11)17-14-5-3-10(16)7-12(8)14/h2-8H,1H2. The number of benzene rings is 2. The van der Waals surface area contributed by atoms with Gasteiger partial charge in [0, 0.05) is 27.1 Å². The summed E-state index contributed by atoms with van der Waals surface area (Å²) in [6.45, 7) is 4.17. The Morgan fingerprint density at radius 3 is 1.82 bits per heavy atom. The third kappa shape index (κ3) is 1.80. The summed E-state index contributed by atoms with van der Waals surface area (Å²) < 4.78 is 5.80. The minimum absolute atomic E-state index is 0.00819. The summed E-state index contributed by atoms with van der Waals surface area (Å²) >= 11 is 12.0. The van der Waals surface area contributed by atoms with E-state index in [1.807, 2.05) is 36.4 Å². The van der Waals surface area contributed by atoms with Gasteiger partial charge in [-0.05, 0) is 43.3 Å². The third-order valence-electron chi connectivity index (χ3n) is 2.91. The van der Waals surface area contributed by atoms with E-state index in [0.717, 1.165) is 22.6 Å². The monoisotopic (exact) mass is 263 g/mol. The number of halogens is 2. The largest absolute Gasteiger partial charge is 0.457 e. The van der Waals surface area contributed by atoms with E-state index in [0.29, 0.717) is 10.0 Å². The van der Waals surface area contributed by atoms with Crippen LogP contribution in [0.15, 0.2) is 36.4 Å². The van der Waals surface area contributed by atoms with Gasteiger partial charge >= 0.3 is 0 Å². The topological polar surface area (TPSA) is 9.23 Å². The molecule has 0 aromatic heterocycles. The lowest BCUT2D eigenvalue weighted by Gasteiger charge is -2.25. The fourth-order valence-electron chi connectivity index (χ4n) is 2.06. The molecule has 0 amide bonds. The summed E-state index contributed by atoms with van der Waals surface area (Å²) in [7, 11) is 0. The van der Waals surface area contributed by atoms with Gasteiger partial charge in [0.05, 0.1) is 0 Å². The van der Waals surface area contributed by atoms with Crippen molar-refractivity contribution in [3.05, 3.63) is 64.5 Å². The van der Waals surface area contributed by atoms with Crippen LogP contribution in [0.25, 0.3) is 0 Å². The highest BCUT2D eigenvalue weighted by atomic mass is 35.5. The van der Waals surface area contributed by atoms with E-state index in [-0.39, 0.29) is 5.92 Å². The Labute approximate surface area is 110 Å². The molecular weight excluding hydrogens is 255 g/mol. The summed E-state index contributed by atoms with van der Waals surface area (Å²) in [6.07, 6.45) is 0. The fourth-order valence-corrected chi connectivity index (χ4v) is 2.42. The molecule has 1 heterocycles. The van der Waals surface area contributed by atoms with Gasteiger partial charge in [-0.25, -0.2) is 0 Å². The second kappa shape index (κ2) is 3.94. The molecule has 0 spiro atoms. The van der Waals surface area contributed by atoms with E-state index < -0.39 is 0 Å². The van der Waals surface area contributed by atoms with Crippen LogP contribution in [0, 0.1) is 6.92 Å². The molecule has 0 N–H and O–H groups in total. The zero-order valence-electron chi connectivity index (χ0n) is 8.91. The predicted molar refractivity (Wildman–Crippen MR) is 70.2 cm³/mol. The van der Waals surface area contributed by atoms with Crippen LogP contribution in [0.3, 0.4) is 0 Å². The van der Waals surface area contributed by atoms with Crippen LogP contribution < -0.4 is 4.74 Å². The average molecular weight is 264 g/mol. The molecule has 3 heteroatoms. The van der Waals surface area contributed by atoms with Crippen molar-refractivity contribution in [2.24, 2.45) is 0 Å². The molecule has 0 saturated carbocycles. The maximum Gasteiger partial charge on any atom is 0.131 e. The number of fused-ring (bicyclic) bond motifs is 2. The smallest absolute Gasteiger partial charge is 0.131 e. The Morgan fingerprint density at radius 1 is 0.882 bits per heavy atom. The summed E-state index contributed by atoms with van der Waals surface area (Å²) in [5.74, 6) is 1.61. The molecule has 0 atom stereocenters. The maximum absolute atomic E-state index is 5.99. The van der Waals surface area contributed by atoms with Crippen LogP contribution >= 0.6 is 23.2 Å². The van der Waals surface area contributed by atoms with Crippen molar-refractivity contribution in [1.82, 2.24) is 0 Å². The van der Waals surface area contributed by atoms with Crippen molar-refractivity contribution in [2.45, 2.75) is 5.92 Å². The van der Waals surface area contributed by atoms with Crippen LogP contribution in [0.5, 0.6) is 11.5 Å². The van der Waals surface area contributed by atoms with Gasteiger partial charge in [0.25, 0.3) is 0 Å². The number of hydrogen-bond donors (Lipinski definition) is 0. The minimum Gasteiger partial charge on any atom is -0.457 e. The molecule has 17 heavy (non-hydrogen) atoms. The first-order valence-corrected chi connectivity index (χ1v) is 6.00. The maximum atomic E-state index is 5.99. The van der Waals surface area contributed by atoms with Crippen LogP contribution in [0.1, 0.15) is 17.0 Å². The summed E-state index contributed by atoms with van der Waals surface area (Å²) in [4.78, 5) is 0. The van der Waals surface area contributed by atoms with Crippen molar-refractivity contribution in [2.75, 3.05) is 0 Å². The average Bonchev–Trinajstić information content (AvgIpc) is 2.32. The van der Waals surface area contributed by atoms with E-state index in [2.05, 4.69) is 6.92 Å². The SMILES string of the molecule is [CH2]C1c2cc(Cl)ccc2Oc2ccc(Cl)cc21. The van der Waals surface area contributed by atoms with Crippen LogP contribution in [-0.2, 0) is 0 Å². The first-order valence-electron chi connectivity index (χ1n) is 5.25. The van der Waals surface area contributed by atoms with Crippen molar-refractivity contribution < 1.29 is 4.74 Å². The zero-order chi connectivity index (χ0) is 12.0. The summed E-state index contributed by atoms with van der Waals surface area (Å²) in [5, 5.41) is 1.37. The van der Waals surface area contributed by atoms with E-state index in [9.17, 15) is 0 Å². The van der Waals surface area contributed by atoms with E-state index in [1.54, 1.807) is 0 Å². The lowest BCUT2D eigenvalue weighted by Crippen LogP contribution is -2.07. The molecular formula is C14H9Cl2O. The zero-order valence-corrected chi connectivity index (χ0v) is 10.4. The van der Waals surface area contributed by atoms with Gasteiger partial charge in [-0.15, -0.1) is 0 Å². The third-order valence-corrected chi connectivity index (χ3v) is 3.38. The summed E-state index contributed by atoms with van der Waals surface area (Å²) in [5.41, 5.74) is 1.99. The molecule has 0 fully saturated rings. The quantitative estimate of drug-likeness (QED) is 0.645. The van der Waals surface area contributed by atoms with Gasteiger partial charge in [-0.1, -0.05) is 23.2 Å². The van der Waals surface area contributed by atoms with Gasteiger partial charge in [0.2, 0.25) is 0 Å². The van der Waals surface area contributed by atoms with Gasteiger partial charge < -0.3 is 4.74 Å². The Bertz CT molecular complexity index is 541. The van der Waals surface area contributed by atoms with E-state index in [1.165, 1.54) is 0 Å². The molecule has 1 nitrogen and oxygen atoms in total. The van der Waals surface area contributed by atoms with Crippen LogP contribution in [0.2, 0.25) is 10.0 Å². The molecule has 1 radical (unpaired) electrons. The van der Waals surface area contributed by atoms with E-state index in [4.69, 9.17) is 27.9 Å². The van der Waals surface area contributed by atoms with Crippen molar-refractivity contribution >= 4 is 23.2 Å².